The monoisotopic (exact) mass is 279 g/mol. The van der Waals surface area contributed by atoms with Crippen molar-refractivity contribution in [1.82, 2.24) is 0 Å². The third kappa shape index (κ3) is 2.59. The summed E-state index contributed by atoms with van der Waals surface area (Å²) in [7, 11) is 0. The predicted octanol–water partition coefficient (Wildman–Crippen LogP) is 3.48. The van der Waals surface area contributed by atoms with Gasteiger partial charge < -0.3 is 4.90 Å². The van der Waals surface area contributed by atoms with Crippen LogP contribution in [-0.4, -0.2) is 18.2 Å². The van der Waals surface area contributed by atoms with Crippen molar-refractivity contribution in [3.05, 3.63) is 65.2 Å². The predicted molar refractivity (Wildman–Crippen MR) is 82.9 cm³/mol. The summed E-state index contributed by atoms with van der Waals surface area (Å²) in [5, 5.41) is 0. The molecule has 0 saturated carbocycles. The number of nitrogens with zero attached hydrogens (tertiary/aromatic N) is 1. The van der Waals surface area contributed by atoms with E-state index in [0.717, 1.165) is 24.1 Å². The Bertz CT molecular complexity index is 692. The van der Waals surface area contributed by atoms with Crippen molar-refractivity contribution in [2.45, 2.75) is 19.8 Å². The molecule has 0 radical (unpaired) electrons. The molecule has 1 aliphatic heterocycles. The molecule has 0 N–H and O–H groups in total. The number of rotatable bonds is 2. The molecular formula is C18H17NO2. The van der Waals surface area contributed by atoms with E-state index >= 15 is 0 Å². The lowest BCUT2D eigenvalue weighted by atomic mass is 9.97. The Morgan fingerprint density at radius 3 is 2.48 bits per heavy atom. The molecule has 3 heteroatoms. The molecule has 106 valence electrons. The third-order valence-corrected chi connectivity index (χ3v) is 3.88. The Hall–Kier alpha value is -2.42. The summed E-state index contributed by atoms with van der Waals surface area (Å²) in [6.45, 7) is 2.25. The lowest BCUT2D eigenvalue weighted by Gasteiger charge is -2.30. The van der Waals surface area contributed by atoms with Gasteiger partial charge in [-0.3, -0.25) is 9.59 Å². The number of aryl methyl sites for hydroxylation is 1. The molecule has 0 aliphatic carbocycles. The number of hydrogen-bond donors (Lipinski definition) is 0. The van der Waals surface area contributed by atoms with Crippen molar-refractivity contribution in [2.75, 3.05) is 11.4 Å². The van der Waals surface area contributed by atoms with Gasteiger partial charge in [-0.1, -0.05) is 30.3 Å². The Morgan fingerprint density at radius 1 is 1.00 bits per heavy atom. The molecule has 0 aromatic heterocycles. The van der Waals surface area contributed by atoms with Gasteiger partial charge in [0.05, 0.1) is 0 Å². The summed E-state index contributed by atoms with van der Waals surface area (Å²) in [6.07, 6.45) is 1.90. The van der Waals surface area contributed by atoms with Gasteiger partial charge >= 0.3 is 0 Å². The zero-order valence-electron chi connectivity index (χ0n) is 12.0. The van der Waals surface area contributed by atoms with E-state index in [4.69, 9.17) is 0 Å². The van der Waals surface area contributed by atoms with Crippen LogP contribution in [0.5, 0.6) is 0 Å². The van der Waals surface area contributed by atoms with Crippen LogP contribution in [0, 0.1) is 0 Å². The fourth-order valence-corrected chi connectivity index (χ4v) is 2.74. The first-order valence-corrected chi connectivity index (χ1v) is 7.17. The van der Waals surface area contributed by atoms with Crippen LogP contribution in [0.1, 0.15) is 39.6 Å². The Kier molecular flexibility index (Phi) is 3.57. The largest absolute Gasteiger partial charge is 0.308 e. The highest BCUT2D eigenvalue weighted by atomic mass is 16.2. The third-order valence-electron chi connectivity index (χ3n) is 3.88. The number of benzene rings is 2. The van der Waals surface area contributed by atoms with Crippen molar-refractivity contribution >= 4 is 17.4 Å². The molecule has 0 atom stereocenters. The topological polar surface area (TPSA) is 37.4 Å². The molecule has 0 unspecified atom stereocenters. The van der Waals surface area contributed by atoms with Gasteiger partial charge in [-0.2, -0.15) is 0 Å². The Balaban J connectivity index is 2.01. The fraction of sp³-hybridized carbons (Fsp3) is 0.222. The Morgan fingerprint density at radius 2 is 1.76 bits per heavy atom. The first-order chi connectivity index (χ1) is 10.2. The normalized spacial score (nSPS) is 13.7. The van der Waals surface area contributed by atoms with E-state index in [2.05, 4.69) is 0 Å². The first-order valence-electron chi connectivity index (χ1n) is 7.17. The van der Waals surface area contributed by atoms with Crippen LogP contribution in [0.2, 0.25) is 0 Å². The average molecular weight is 279 g/mol. The second-order valence-electron chi connectivity index (χ2n) is 5.33. The average Bonchev–Trinajstić information content (AvgIpc) is 2.54. The maximum atomic E-state index is 12.7. The highest BCUT2D eigenvalue weighted by molar-refractivity contribution is 6.07. The lowest BCUT2D eigenvalue weighted by Crippen LogP contribution is -2.35. The van der Waals surface area contributed by atoms with Gasteiger partial charge in [0, 0.05) is 23.4 Å². The van der Waals surface area contributed by atoms with E-state index in [1.165, 1.54) is 0 Å². The highest BCUT2D eigenvalue weighted by Crippen LogP contribution is 2.29. The van der Waals surface area contributed by atoms with Gasteiger partial charge in [0.2, 0.25) is 0 Å². The minimum atomic E-state index is -0.00254. The summed E-state index contributed by atoms with van der Waals surface area (Å²) >= 11 is 0. The summed E-state index contributed by atoms with van der Waals surface area (Å²) in [5.74, 6) is 0.0211. The summed E-state index contributed by atoms with van der Waals surface area (Å²) in [6, 6.07) is 14.9. The van der Waals surface area contributed by atoms with E-state index in [1.807, 2.05) is 48.5 Å². The fourth-order valence-electron chi connectivity index (χ4n) is 2.74. The summed E-state index contributed by atoms with van der Waals surface area (Å²) < 4.78 is 0. The molecule has 2 aromatic carbocycles. The number of amides is 1. The van der Waals surface area contributed by atoms with Gasteiger partial charge in [0.15, 0.2) is 5.78 Å². The SMILES string of the molecule is CC(=O)c1ccc2c(c1)N(C(=O)c1ccccc1)CCC2. The number of fused-ring (bicyclic) bond motifs is 1. The summed E-state index contributed by atoms with van der Waals surface area (Å²) in [4.78, 5) is 26.1. The minimum Gasteiger partial charge on any atom is -0.308 e. The molecule has 0 spiro atoms. The van der Waals surface area contributed by atoms with E-state index in [-0.39, 0.29) is 11.7 Å². The molecule has 2 aromatic rings. The molecule has 3 nitrogen and oxygen atoms in total. The van der Waals surface area contributed by atoms with Crippen LogP contribution in [0.3, 0.4) is 0 Å². The first kappa shape index (κ1) is 13.6. The smallest absolute Gasteiger partial charge is 0.258 e. The van der Waals surface area contributed by atoms with E-state index in [1.54, 1.807) is 11.8 Å². The van der Waals surface area contributed by atoms with Crippen molar-refractivity contribution in [2.24, 2.45) is 0 Å². The maximum Gasteiger partial charge on any atom is 0.258 e. The molecule has 3 rings (SSSR count). The van der Waals surface area contributed by atoms with Crippen molar-refractivity contribution in [3.8, 4) is 0 Å². The number of hydrogen-bond acceptors (Lipinski definition) is 2. The number of carbonyl (C=O) groups is 2. The number of carbonyl (C=O) groups excluding carboxylic acids is 2. The van der Waals surface area contributed by atoms with E-state index in [9.17, 15) is 9.59 Å². The second-order valence-corrected chi connectivity index (χ2v) is 5.33. The Labute approximate surface area is 124 Å². The van der Waals surface area contributed by atoms with E-state index in [0.29, 0.717) is 17.7 Å². The van der Waals surface area contributed by atoms with Crippen LogP contribution < -0.4 is 4.90 Å². The number of ketones is 1. The van der Waals surface area contributed by atoms with Crippen molar-refractivity contribution in [3.63, 3.8) is 0 Å². The van der Waals surface area contributed by atoms with Crippen LogP contribution in [0.15, 0.2) is 48.5 Å². The standard InChI is InChI=1S/C18H17NO2/c1-13(20)16-10-9-14-8-5-11-19(17(14)12-16)18(21)15-6-3-2-4-7-15/h2-4,6-7,9-10,12H,5,8,11H2,1H3. The van der Waals surface area contributed by atoms with Crippen LogP contribution in [0.4, 0.5) is 5.69 Å². The van der Waals surface area contributed by atoms with Crippen molar-refractivity contribution in [1.29, 1.82) is 0 Å². The molecule has 21 heavy (non-hydrogen) atoms. The zero-order chi connectivity index (χ0) is 14.8. The van der Waals surface area contributed by atoms with Gasteiger partial charge in [-0.05, 0) is 43.5 Å². The van der Waals surface area contributed by atoms with E-state index < -0.39 is 0 Å². The quantitative estimate of drug-likeness (QED) is 0.789. The maximum absolute atomic E-state index is 12.7. The zero-order valence-corrected chi connectivity index (χ0v) is 12.0. The minimum absolute atomic E-state index is 0.00254. The van der Waals surface area contributed by atoms with Gasteiger partial charge in [0.25, 0.3) is 5.91 Å². The molecule has 1 heterocycles. The molecule has 0 saturated heterocycles. The molecule has 1 amide bonds. The number of anilines is 1. The molecular weight excluding hydrogens is 262 g/mol. The summed E-state index contributed by atoms with van der Waals surface area (Å²) in [5.41, 5.74) is 3.35. The second kappa shape index (κ2) is 5.52. The number of Topliss-reactive ketones (excluding diaryl/α,β-unsaturated/α-hetero) is 1. The van der Waals surface area contributed by atoms with Gasteiger partial charge in [-0.15, -0.1) is 0 Å². The molecule has 0 bridgehead atoms. The van der Waals surface area contributed by atoms with Crippen LogP contribution in [-0.2, 0) is 6.42 Å². The van der Waals surface area contributed by atoms with Crippen LogP contribution >= 0.6 is 0 Å². The van der Waals surface area contributed by atoms with Crippen molar-refractivity contribution < 1.29 is 9.59 Å². The van der Waals surface area contributed by atoms with Gasteiger partial charge in [0.1, 0.15) is 0 Å². The lowest BCUT2D eigenvalue weighted by molar-refractivity contribution is 0.0981. The van der Waals surface area contributed by atoms with Crippen LogP contribution in [0.25, 0.3) is 0 Å². The highest BCUT2D eigenvalue weighted by Gasteiger charge is 2.24. The molecule has 1 aliphatic rings. The van der Waals surface area contributed by atoms with Gasteiger partial charge in [-0.25, -0.2) is 0 Å². The molecule has 0 fully saturated rings.